The fourth-order valence-electron chi connectivity index (χ4n) is 4.54. The summed E-state index contributed by atoms with van der Waals surface area (Å²) >= 11 is 0. The van der Waals surface area contributed by atoms with E-state index in [0.29, 0.717) is 17.3 Å². The fraction of sp³-hybridized carbons (Fsp3) is 0.524. The minimum Gasteiger partial charge on any atom is -0.338 e. The molecule has 8 nitrogen and oxygen atoms in total. The van der Waals surface area contributed by atoms with Crippen molar-refractivity contribution in [3.05, 3.63) is 40.5 Å². The zero-order chi connectivity index (χ0) is 20.1. The molecular weight excluding hydrogens is 368 g/mol. The van der Waals surface area contributed by atoms with E-state index in [0.717, 1.165) is 55.8 Å². The van der Waals surface area contributed by atoms with Gasteiger partial charge in [0.2, 0.25) is 0 Å². The Balaban J connectivity index is 1.39. The molecule has 0 atom stereocenters. The molecule has 0 aromatic carbocycles. The second kappa shape index (κ2) is 6.95. The second-order valence-corrected chi connectivity index (χ2v) is 8.40. The van der Waals surface area contributed by atoms with E-state index in [1.165, 1.54) is 11.3 Å². The van der Waals surface area contributed by atoms with Gasteiger partial charge in [0.15, 0.2) is 0 Å². The van der Waals surface area contributed by atoms with Crippen LogP contribution in [0, 0.1) is 6.92 Å². The van der Waals surface area contributed by atoms with Crippen molar-refractivity contribution < 1.29 is 9.32 Å². The molecule has 3 aromatic heterocycles. The lowest BCUT2D eigenvalue weighted by atomic mass is 10.00. The number of carbonyl (C=O) groups excluding carboxylic acids is 1. The maximum Gasteiger partial charge on any atom is 0.259 e. The summed E-state index contributed by atoms with van der Waals surface area (Å²) in [5, 5.41) is 12.9. The molecular formula is C21H26N6O2. The quantitative estimate of drug-likeness (QED) is 0.735. The summed E-state index contributed by atoms with van der Waals surface area (Å²) in [7, 11) is 0. The summed E-state index contributed by atoms with van der Waals surface area (Å²) in [6.45, 7) is 9.21. The van der Waals surface area contributed by atoms with Crippen LogP contribution >= 0.6 is 0 Å². The molecule has 2 aliphatic heterocycles. The summed E-state index contributed by atoms with van der Waals surface area (Å²) in [5.41, 5.74) is 5.26. The van der Waals surface area contributed by atoms with E-state index in [-0.39, 0.29) is 11.8 Å². The predicted octanol–water partition coefficient (Wildman–Crippen LogP) is 2.93. The van der Waals surface area contributed by atoms with E-state index in [1.807, 2.05) is 37.9 Å². The Labute approximate surface area is 169 Å². The van der Waals surface area contributed by atoms with Gasteiger partial charge >= 0.3 is 0 Å². The van der Waals surface area contributed by atoms with Crippen molar-refractivity contribution >= 4 is 17.0 Å². The molecule has 5 heterocycles. The standard InChI is InChI=1S/C21H26N6O2/c1-12(2)19-18-16(8-13(3)24-20(18)29-25-19)21(28)26-6-4-15(5-7-26)27-17-11-22-9-14(17)10-23-27/h8,10,12,15,22H,4-7,9,11H2,1-3H3. The summed E-state index contributed by atoms with van der Waals surface area (Å²) < 4.78 is 7.60. The number of hydrogen-bond donors (Lipinski definition) is 1. The highest BCUT2D eigenvalue weighted by Gasteiger charge is 2.30. The Morgan fingerprint density at radius 3 is 2.83 bits per heavy atom. The molecule has 1 fully saturated rings. The van der Waals surface area contributed by atoms with Crippen molar-refractivity contribution in [1.29, 1.82) is 0 Å². The Morgan fingerprint density at radius 2 is 2.07 bits per heavy atom. The van der Waals surface area contributed by atoms with Gasteiger partial charge in [-0.15, -0.1) is 0 Å². The number of amides is 1. The topological polar surface area (TPSA) is 89.1 Å². The number of pyridine rings is 1. The number of piperidine rings is 1. The van der Waals surface area contributed by atoms with Crippen LogP contribution in [0.4, 0.5) is 0 Å². The molecule has 29 heavy (non-hydrogen) atoms. The minimum atomic E-state index is 0.0383. The van der Waals surface area contributed by atoms with Crippen LogP contribution in [0.1, 0.15) is 71.7 Å². The normalized spacial score (nSPS) is 17.4. The van der Waals surface area contributed by atoms with Gasteiger partial charge in [0.1, 0.15) is 0 Å². The van der Waals surface area contributed by atoms with Crippen molar-refractivity contribution in [2.45, 2.75) is 58.7 Å². The molecule has 1 saturated heterocycles. The van der Waals surface area contributed by atoms with Gasteiger partial charge in [-0.3, -0.25) is 9.48 Å². The van der Waals surface area contributed by atoms with Crippen molar-refractivity contribution in [1.82, 2.24) is 30.1 Å². The number of nitrogens with zero attached hydrogens (tertiary/aromatic N) is 5. The average Bonchev–Trinajstić information content (AvgIpc) is 3.42. The van der Waals surface area contributed by atoms with Crippen LogP contribution in [0.15, 0.2) is 16.8 Å². The molecule has 5 rings (SSSR count). The van der Waals surface area contributed by atoms with Crippen LogP contribution in [0.2, 0.25) is 0 Å². The number of fused-ring (bicyclic) bond motifs is 2. The number of hydrogen-bond acceptors (Lipinski definition) is 6. The SMILES string of the molecule is Cc1cc(C(=O)N2CCC(n3ncc4c3CNC4)CC2)c2c(C(C)C)noc2n1. The zero-order valence-corrected chi connectivity index (χ0v) is 17.1. The summed E-state index contributed by atoms with van der Waals surface area (Å²) in [6, 6.07) is 2.22. The van der Waals surface area contributed by atoms with Crippen molar-refractivity contribution in [2.75, 3.05) is 13.1 Å². The summed E-state index contributed by atoms with van der Waals surface area (Å²) in [4.78, 5) is 19.8. The van der Waals surface area contributed by atoms with Gasteiger partial charge in [0.05, 0.1) is 34.6 Å². The van der Waals surface area contributed by atoms with Gasteiger partial charge in [-0.05, 0) is 31.7 Å². The van der Waals surface area contributed by atoms with Crippen LogP contribution in [0.25, 0.3) is 11.1 Å². The number of aryl methyl sites for hydroxylation is 1. The Morgan fingerprint density at radius 1 is 1.28 bits per heavy atom. The van der Waals surface area contributed by atoms with Gasteiger partial charge in [-0.2, -0.15) is 5.10 Å². The third-order valence-corrected chi connectivity index (χ3v) is 6.07. The minimum absolute atomic E-state index is 0.0383. The monoisotopic (exact) mass is 394 g/mol. The second-order valence-electron chi connectivity index (χ2n) is 8.40. The van der Waals surface area contributed by atoms with E-state index in [2.05, 4.69) is 25.2 Å². The zero-order valence-electron chi connectivity index (χ0n) is 17.1. The van der Waals surface area contributed by atoms with Crippen LogP contribution in [0.5, 0.6) is 0 Å². The van der Waals surface area contributed by atoms with E-state index in [4.69, 9.17) is 4.52 Å². The first-order chi connectivity index (χ1) is 14.0. The first kappa shape index (κ1) is 18.3. The van der Waals surface area contributed by atoms with Crippen molar-refractivity contribution in [3.63, 3.8) is 0 Å². The van der Waals surface area contributed by atoms with E-state index in [9.17, 15) is 4.79 Å². The highest BCUT2D eigenvalue weighted by atomic mass is 16.5. The third-order valence-electron chi connectivity index (χ3n) is 6.07. The first-order valence-electron chi connectivity index (χ1n) is 10.3. The van der Waals surface area contributed by atoms with Gasteiger partial charge in [0, 0.05) is 37.4 Å². The largest absolute Gasteiger partial charge is 0.338 e. The van der Waals surface area contributed by atoms with Crippen molar-refractivity contribution in [3.8, 4) is 0 Å². The van der Waals surface area contributed by atoms with E-state index in [1.54, 1.807) is 0 Å². The maximum atomic E-state index is 13.4. The van der Waals surface area contributed by atoms with Crippen LogP contribution in [0.3, 0.4) is 0 Å². The van der Waals surface area contributed by atoms with E-state index >= 15 is 0 Å². The lowest BCUT2D eigenvalue weighted by Crippen LogP contribution is -2.39. The molecule has 0 spiro atoms. The van der Waals surface area contributed by atoms with Crippen molar-refractivity contribution in [2.24, 2.45) is 0 Å². The fourth-order valence-corrected chi connectivity index (χ4v) is 4.54. The number of nitrogens with one attached hydrogen (secondary N) is 1. The van der Waals surface area contributed by atoms with E-state index < -0.39 is 0 Å². The average molecular weight is 394 g/mol. The predicted molar refractivity (Wildman–Crippen MR) is 108 cm³/mol. The lowest BCUT2D eigenvalue weighted by molar-refractivity contribution is 0.0690. The molecule has 0 radical (unpaired) electrons. The molecule has 3 aromatic rings. The Hall–Kier alpha value is -2.74. The molecule has 0 unspecified atom stereocenters. The van der Waals surface area contributed by atoms with Gasteiger partial charge in [-0.25, -0.2) is 4.98 Å². The maximum absolute atomic E-state index is 13.4. The number of carbonyl (C=O) groups is 1. The van der Waals surface area contributed by atoms with Gasteiger partial charge < -0.3 is 14.7 Å². The number of likely N-dealkylation sites (tertiary alicyclic amines) is 1. The van der Waals surface area contributed by atoms with Gasteiger partial charge in [-0.1, -0.05) is 19.0 Å². The highest BCUT2D eigenvalue weighted by Crippen LogP contribution is 2.31. The molecule has 1 N–H and O–H groups in total. The smallest absolute Gasteiger partial charge is 0.259 e. The Bertz CT molecular complexity index is 1070. The number of aromatic nitrogens is 4. The highest BCUT2D eigenvalue weighted by molar-refractivity contribution is 6.06. The van der Waals surface area contributed by atoms with Crippen LogP contribution in [-0.2, 0) is 13.1 Å². The van der Waals surface area contributed by atoms with Crippen LogP contribution in [-0.4, -0.2) is 43.8 Å². The number of rotatable bonds is 3. The molecule has 8 heteroatoms. The molecule has 0 aliphatic carbocycles. The molecule has 0 bridgehead atoms. The third kappa shape index (κ3) is 3.02. The lowest BCUT2D eigenvalue weighted by Gasteiger charge is -2.33. The summed E-state index contributed by atoms with van der Waals surface area (Å²) in [5.74, 6) is 0.199. The van der Waals surface area contributed by atoms with Gasteiger partial charge in [0.25, 0.3) is 11.6 Å². The first-order valence-corrected chi connectivity index (χ1v) is 10.3. The molecule has 0 saturated carbocycles. The summed E-state index contributed by atoms with van der Waals surface area (Å²) in [6.07, 6.45) is 3.80. The van der Waals surface area contributed by atoms with Crippen LogP contribution < -0.4 is 5.32 Å². The molecule has 152 valence electrons. The Kier molecular flexibility index (Phi) is 4.38. The molecule has 2 aliphatic rings. The molecule has 1 amide bonds.